The van der Waals surface area contributed by atoms with Crippen molar-refractivity contribution in [3.63, 3.8) is 0 Å². The van der Waals surface area contributed by atoms with E-state index in [1.165, 1.54) is 17.8 Å². The lowest BCUT2D eigenvalue weighted by Gasteiger charge is -2.34. The van der Waals surface area contributed by atoms with Crippen molar-refractivity contribution in [1.29, 1.82) is 0 Å². The monoisotopic (exact) mass is 573 g/mol. The SMILES string of the molecule is CN1CCN(c2ccc(C=C3Sc4cc(S(=O)(=O)Cc5c(Cl)cccc5Cl)ccc4NC3=O)cc2)CC1. The van der Waals surface area contributed by atoms with Crippen LogP contribution in [0.2, 0.25) is 10.0 Å². The highest BCUT2D eigenvalue weighted by molar-refractivity contribution is 8.04. The summed E-state index contributed by atoms with van der Waals surface area (Å²) in [6.45, 7) is 4.04. The summed E-state index contributed by atoms with van der Waals surface area (Å²) < 4.78 is 26.3. The number of benzene rings is 3. The summed E-state index contributed by atoms with van der Waals surface area (Å²) in [5.41, 5.74) is 3.00. The maximum absolute atomic E-state index is 13.2. The molecular formula is C27H25Cl2N3O3S2. The molecule has 0 saturated carbocycles. The van der Waals surface area contributed by atoms with Crippen LogP contribution in [0.1, 0.15) is 11.1 Å². The molecule has 2 aliphatic rings. The molecule has 0 aliphatic carbocycles. The number of halogens is 2. The molecule has 2 heterocycles. The summed E-state index contributed by atoms with van der Waals surface area (Å²) in [4.78, 5) is 18.7. The number of piperazine rings is 1. The molecule has 0 bridgehead atoms. The number of carbonyl (C=O) groups excluding carboxylic acids is 1. The third-order valence-electron chi connectivity index (χ3n) is 6.46. The largest absolute Gasteiger partial charge is 0.369 e. The first-order chi connectivity index (χ1) is 17.7. The average molecular weight is 575 g/mol. The molecule has 1 saturated heterocycles. The zero-order chi connectivity index (χ0) is 26.2. The average Bonchev–Trinajstić information content (AvgIpc) is 2.87. The van der Waals surface area contributed by atoms with Crippen LogP contribution in [0.15, 0.2) is 75.4 Å². The van der Waals surface area contributed by atoms with Crippen molar-refractivity contribution in [2.45, 2.75) is 15.5 Å². The molecule has 10 heteroatoms. The molecule has 3 aromatic rings. The molecule has 37 heavy (non-hydrogen) atoms. The van der Waals surface area contributed by atoms with Crippen molar-refractivity contribution in [1.82, 2.24) is 4.90 Å². The number of carbonyl (C=O) groups is 1. The lowest BCUT2D eigenvalue weighted by atomic mass is 10.1. The molecule has 1 amide bonds. The van der Waals surface area contributed by atoms with Gasteiger partial charge >= 0.3 is 0 Å². The van der Waals surface area contributed by atoms with Crippen LogP contribution in [0.4, 0.5) is 11.4 Å². The first-order valence-corrected chi connectivity index (χ1v) is 15.0. The van der Waals surface area contributed by atoms with Gasteiger partial charge in [-0.2, -0.15) is 0 Å². The molecular weight excluding hydrogens is 549 g/mol. The number of hydrogen-bond donors (Lipinski definition) is 1. The molecule has 3 aromatic carbocycles. The zero-order valence-corrected chi connectivity index (χ0v) is 23.2. The van der Waals surface area contributed by atoms with E-state index in [4.69, 9.17) is 23.2 Å². The highest BCUT2D eigenvalue weighted by Crippen LogP contribution is 2.41. The molecule has 5 rings (SSSR count). The topological polar surface area (TPSA) is 69.7 Å². The first kappa shape index (κ1) is 26.1. The molecule has 6 nitrogen and oxygen atoms in total. The Kier molecular flexibility index (Phi) is 7.56. The van der Waals surface area contributed by atoms with Gasteiger partial charge in [0.25, 0.3) is 5.91 Å². The third-order valence-corrected chi connectivity index (χ3v) is 9.89. The summed E-state index contributed by atoms with van der Waals surface area (Å²) in [6.07, 6.45) is 1.82. The second kappa shape index (κ2) is 10.7. The van der Waals surface area contributed by atoms with Gasteiger partial charge in [0.2, 0.25) is 0 Å². The quantitative estimate of drug-likeness (QED) is 0.389. The van der Waals surface area contributed by atoms with Gasteiger partial charge in [-0.25, -0.2) is 8.42 Å². The fourth-order valence-corrected chi connectivity index (χ4v) is 7.45. The minimum atomic E-state index is -3.72. The second-order valence-electron chi connectivity index (χ2n) is 9.06. The van der Waals surface area contributed by atoms with E-state index >= 15 is 0 Å². The van der Waals surface area contributed by atoms with E-state index in [9.17, 15) is 13.2 Å². The van der Waals surface area contributed by atoms with Crippen molar-refractivity contribution in [3.05, 3.63) is 86.7 Å². The lowest BCUT2D eigenvalue weighted by Crippen LogP contribution is -2.44. The number of nitrogens with one attached hydrogen (secondary N) is 1. The van der Waals surface area contributed by atoms with Gasteiger partial charge in [0.15, 0.2) is 9.84 Å². The molecule has 1 fully saturated rings. The molecule has 0 aromatic heterocycles. The van der Waals surface area contributed by atoms with Crippen LogP contribution in [-0.4, -0.2) is 52.5 Å². The smallest absolute Gasteiger partial charge is 0.262 e. The number of amides is 1. The molecule has 0 atom stereocenters. The maximum atomic E-state index is 13.2. The van der Waals surface area contributed by atoms with Crippen molar-refractivity contribution >= 4 is 68.2 Å². The van der Waals surface area contributed by atoms with Crippen LogP contribution in [0.5, 0.6) is 0 Å². The molecule has 0 spiro atoms. The third kappa shape index (κ3) is 5.84. The predicted octanol–water partition coefficient (Wildman–Crippen LogP) is 5.80. The number of sulfone groups is 1. The van der Waals surface area contributed by atoms with E-state index in [0.717, 1.165) is 37.4 Å². The fraction of sp³-hybridized carbons (Fsp3) is 0.222. The van der Waals surface area contributed by atoms with Gasteiger partial charge in [0, 0.05) is 52.4 Å². The van der Waals surface area contributed by atoms with Gasteiger partial charge < -0.3 is 15.1 Å². The van der Waals surface area contributed by atoms with E-state index in [2.05, 4.69) is 34.3 Å². The number of thioether (sulfide) groups is 1. The highest BCUT2D eigenvalue weighted by atomic mass is 35.5. The summed E-state index contributed by atoms with van der Waals surface area (Å²) in [5, 5.41) is 3.48. The van der Waals surface area contributed by atoms with Crippen LogP contribution >= 0.6 is 35.0 Å². The maximum Gasteiger partial charge on any atom is 0.262 e. The van der Waals surface area contributed by atoms with E-state index < -0.39 is 9.84 Å². The minimum Gasteiger partial charge on any atom is -0.369 e. The van der Waals surface area contributed by atoms with Gasteiger partial charge in [0.1, 0.15) is 0 Å². The van der Waals surface area contributed by atoms with E-state index in [1.807, 2.05) is 18.2 Å². The second-order valence-corrected chi connectivity index (χ2v) is 13.0. The number of hydrogen-bond acceptors (Lipinski definition) is 6. The Bertz CT molecular complexity index is 1460. The van der Waals surface area contributed by atoms with E-state index in [0.29, 0.717) is 31.1 Å². The molecule has 1 N–H and O–H groups in total. The molecule has 192 valence electrons. The highest BCUT2D eigenvalue weighted by Gasteiger charge is 2.25. The zero-order valence-electron chi connectivity index (χ0n) is 20.1. The molecule has 0 unspecified atom stereocenters. The van der Waals surface area contributed by atoms with Crippen LogP contribution in [0.3, 0.4) is 0 Å². The van der Waals surface area contributed by atoms with E-state index in [1.54, 1.807) is 30.3 Å². The Labute approximate surface area is 231 Å². The Morgan fingerprint density at radius 2 is 1.65 bits per heavy atom. The summed E-state index contributed by atoms with van der Waals surface area (Å²) >= 11 is 13.6. The van der Waals surface area contributed by atoms with Gasteiger partial charge in [-0.3, -0.25) is 4.79 Å². The van der Waals surface area contributed by atoms with Crippen molar-refractivity contribution in [2.75, 3.05) is 43.4 Å². The van der Waals surface area contributed by atoms with Crippen molar-refractivity contribution < 1.29 is 13.2 Å². The number of anilines is 2. The summed E-state index contributed by atoms with van der Waals surface area (Å²) in [6, 6.07) is 17.7. The normalized spacial score (nSPS) is 17.5. The van der Waals surface area contributed by atoms with Gasteiger partial charge in [-0.1, -0.05) is 53.2 Å². The molecule has 2 aliphatic heterocycles. The van der Waals surface area contributed by atoms with Crippen LogP contribution in [0.25, 0.3) is 6.08 Å². The molecule has 0 radical (unpaired) electrons. The van der Waals surface area contributed by atoms with Gasteiger partial charge in [-0.15, -0.1) is 0 Å². The van der Waals surface area contributed by atoms with Crippen LogP contribution in [0, 0.1) is 0 Å². The fourth-order valence-electron chi connectivity index (χ4n) is 4.27. The van der Waals surface area contributed by atoms with Crippen LogP contribution < -0.4 is 10.2 Å². The van der Waals surface area contributed by atoms with Crippen molar-refractivity contribution in [3.8, 4) is 0 Å². The number of fused-ring (bicyclic) bond motifs is 1. The number of nitrogens with zero attached hydrogens (tertiary/aromatic N) is 2. The lowest BCUT2D eigenvalue weighted by molar-refractivity contribution is -0.112. The predicted molar refractivity (Wildman–Crippen MR) is 152 cm³/mol. The van der Waals surface area contributed by atoms with Gasteiger partial charge in [0.05, 0.1) is 21.2 Å². The Morgan fingerprint density at radius 1 is 0.973 bits per heavy atom. The first-order valence-electron chi connectivity index (χ1n) is 11.7. The summed E-state index contributed by atoms with van der Waals surface area (Å²) in [5.74, 6) is -0.539. The van der Waals surface area contributed by atoms with Gasteiger partial charge in [-0.05, 0) is 61.2 Å². The van der Waals surface area contributed by atoms with Crippen LogP contribution in [-0.2, 0) is 20.4 Å². The van der Waals surface area contributed by atoms with Crippen molar-refractivity contribution in [2.24, 2.45) is 0 Å². The summed E-state index contributed by atoms with van der Waals surface area (Å²) in [7, 11) is -1.59. The Hall–Kier alpha value is -2.49. The standard InChI is InChI=1S/C27H25Cl2N3O3S2/c1-31-11-13-32(14-12-31)19-7-5-18(6-8-19)15-26-27(33)30-24-10-9-20(16-25(24)36-26)37(34,35)17-21-22(28)3-2-4-23(21)29/h2-10,15-16H,11-14,17H2,1H3,(H,30,33). The Balaban J connectivity index is 1.36. The Morgan fingerprint density at radius 3 is 2.32 bits per heavy atom. The minimum absolute atomic E-state index is 0.141. The number of likely N-dealkylation sites (N-methyl/N-ethyl adjacent to an activating group) is 1. The number of rotatable bonds is 5. The van der Waals surface area contributed by atoms with E-state index in [-0.39, 0.29) is 16.6 Å².